The number of carbonyl (C=O) groups excluding carboxylic acids is 1. The number of hydrogen-bond donors (Lipinski definition) is 1. The Kier molecular flexibility index (Phi) is 5.15. The minimum Gasteiger partial charge on any atom is -0.493 e. The Morgan fingerprint density at radius 2 is 1.70 bits per heavy atom. The fraction of sp³-hybridized carbons (Fsp3) is 0.320. The minimum absolute atomic E-state index is 0.0956. The van der Waals surface area contributed by atoms with Crippen LogP contribution in [0.2, 0.25) is 0 Å². The summed E-state index contributed by atoms with van der Waals surface area (Å²) in [5.74, 6) is 0.967. The van der Waals surface area contributed by atoms with E-state index in [0.717, 1.165) is 17.1 Å². The molecule has 0 bridgehead atoms. The zero-order chi connectivity index (χ0) is 23.2. The number of nitrogens with one attached hydrogen (secondary N) is 1. The van der Waals surface area contributed by atoms with Crippen molar-refractivity contribution in [2.75, 3.05) is 39.7 Å². The molecule has 7 nitrogen and oxygen atoms in total. The molecule has 0 atom stereocenters. The van der Waals surface area contributed by atoms with Crippen molar-refractivity contribution in [2.45, 2.75) is 18.4 Å². The molecule has 1 spiro atoms. The Bertz CT molecular complexity index is 1190. The molecule has 1 fully saturated rings. The third-order valence-corrected chi connectivity index (χ3v) is 6.65. The molecule has 2 aromatic carbocycles. The summed E-state index contributed by atoms with van der Waals surface area (Å²) in [4.78, 5) is 15.2. The minimum atomic E-state index is -0.365. The summed E-state index contributed by atoms with van der Waals surface area (Å²) in [5, 5.41) is 3.59. The second-order valence-electron chi connectivity index (χ2n) is 8.34. The van der Waals surface area contributed by atoms with E-state index in [1.165, 1.54) is 33.5 Å². The quantitative estimate of drug-likeness (QED) is 0.644. The van der Waals surface area contributed by atoms with Gasteiger partial charge in [-0.1, -0.05) is 0 Å². The standard InChI is InChI=1S/C25H26FN3O4/c1-31-20-13-16(14-21(32-2)23(20)33-3)24(30)28-11-8-25(9-12-28)22-5-4-10-29(22)19-7-6-17(26)15-18(19)27-25/h4-7,10,13-15,27H,8-9,11-12H2,1-3H3. The van der Waals surface area contributed by atoms with Gasteiger partial charge in [-0.05, 0) is 55.3 Å². The molecular formula is C25H26FN3O4. The summed E-state index contributed by atoms with van der Waals surface area (Å²) >= 11 is 0. The average molecular weight is 451 g/mol. The first-order valence-corrected chi connectivity index (χ1v) is 10.8. The highest BCUT2D eigenvalue weighted by Crippen LogP contribution is 2.44. The van der Waals surface area contributed by atoms with E-state index in [9.17, 15) is 9.18 Å². The van der Waals surface area contributed by atoms with Gasteiger partial charge in [0.05, 0.1) is 38.2 Å². The van der Waals surface area contributed by atoms with Crippen LogP contribution in [0.1, 0.15) is 28.9 Å². The SMILES string of the molecule is COc1cc(C(=O)N2CCC3(CC2)Nc2cc(F)ccc2-n2cccc23)cc(OC)c1OC. The maximum atomic E-state index is 14.0. The van der Waals surface area contributed by atoms with Gasteiger partial charge in [0, 0.05) is 30.5 Å². The molecule has 1 amide bonds. The fourth-order valence-electron chi connectivity index (χ4n) is 4.98. The predicted molar refractivity (Wildman–Crippen MR) is 122 cm³/mol. The van der Waals surface area contributed by atoms with Crippen LogP contribution in [0, 0.1) is 5.82 Å². The van der Waals surface area contributed by atoms with Crippen molar-refractivity contribution in [3.8, 4) is 22.9 Å². The van der Waals surface area contributed by atoms with E-state index in [1.807, 2.05) is 17.2 Å². The number of halogens is 1. The van der Waals surface area contributed by atoms with Crippen LogP contribution in [0.25, 0.3) is 5.69 Å². The number of ether oxygens (including phenoxy) is 3. The molecule has 1 aromatic heterocycles. The normalized spacial score (nSPS) is 15.9. The van der Waals surface area contributed by atoms with E-state index in [-0.39, 0.29) is 17.3 Å². The van der Waals surface area contributed by atoms with E-state index in [2.05, 4.69) is 16.0 Å². The van der Waals surface area contributed by atoms with Crippen molar-refractivity contribution < 1.29 is 23.4 Å². The molecule has 2 aliphatic heterocycles. The number of piperidine rings is 1. The molecule has 1 N–H and O–H groups in total. The number of carbonyl (C=O) groups is 1. The Morgan fingerprint density at radius 3 is 2.33 bits per heavy atom. The number of fused-ring (bicyclic) bond motifs is 4. The first kappa shape index (κ1) is 21.2. The van der Waals surface area contributed by atoms with Gasteiger partial charge in [0.15, 0.2) is 11.5 Å². The highest BCUT2D eigenvalue weighted by atomic mass is 19.1. The predicted octanol–water partition coefficient (Wildman–Crippen LogP) is 4.20. The zero-order valence-corrected chi connectivity index (χ0v) is 18.9. The number of hydrogen-bond acceptors (Lipinski definition) is 5. The van der Waals surface area contributed by atoms with Crippen LogP contribution in [0.4, 0.5) is 10.1 Å². The molecule has 0 radical (unpaired) electrons. The van der Waals surface area contributed by atoms with E-state index in [1.54, 1.807) is 18.2 Å². The molecule has 8 heteroatoms. The third kappa shape index (κ3) is 3.37. The first-order chi connectivity index (χ1) is 16.0. The van der Waals surface area contributed by atoms with Crippen LogP contribution in [-0.2, 0) is 5.54 Å². The van der Waals surface area contributed by atoms with Crippen LogP contribution in [0.5, 0.6) is 17.2 Å². The van der Waals surface area contributed by atoms with E-state index >= 15 is 0 Å². The Morgan fingerprint density at radius 1 is 1.00 bits per heavy atom. The number of methoxy groups -OCH3 is 3. The van der Waals surface area contributed by atoms with Gasteiger partial charge in [-0.15, -0.1) is 0 Å². The number of benzene rings is 2. The van der Waals surface area contributed by atoms with Crippen molar-refractivity contribution in [3.05, 3.63) is 65.7 Å². The second-order valence-corrected chi connectivity index (χ2v) is 8.34. The first-order valence-electron chi connectivity index (χ1n) is 10.8. The van der Waals surface area contributed by atoms with Gasteiger partial charge in [0.2, 0.25) is 5.75 Å². The van der Waals surface area contributed by atoms with Gasteiger partial charge < -0.3 is 29.0 Å². The third-order valence-electron chi connectivity index (χ3n) is 6.65. The van der Waals surface area contributed by atoms with Crippen LogP contribution >= 0.6 is 0 Å². The molecule has 172 valence electrons. The molecule has 2 aliphatic rings. The smallest absolute Gasteiger partial charge is 0.254 e. The average Bonchev–Trinajstić information content (AvgIpc) is 3.34. The number of aromatic nitrogens is 1. The van der Waals surface area contributed by atoms with E-state index < -0.39 is 0 Å². The van der Waals surface area contributed by atoms with Crippen LogP contribution < -0.4 is 19.5 Å². The maximum absolute atomic E-state index is 14.0. The van der Waals surface area contributed by atoms with E-state index in [0.29, 0.717) is 48.7 Å². The lowest BCUT2D eigenvalue weighted by molar-refractivity contribution is 0.0675. The monoisotopic (exact) mass is 451 g/mol. The van der Waals surface area contributed by atoms with E-state index in [4.69, 9.17) is 14.2 Å². The molecule has 3 aromatic rings. The number of amides is 1. The van der Waals surface area contributed by atoms with Gasteiger partial charge in [-0.3, -0.25) is 4.79 Å². The number of likely N-dealkylation sites (tertiary alicyclic amines) is 1. The van der Waals surface area contributed by atoms with Crippen molar-refractivity contribution in [1.29, 1.82) is 0 Å². The number of nitrogens with zero attached hydrogens (tertiary/aromatic N) is 2. The lowest BCUT2D eigenvalue weighted by atomic mass is 9.82. The lowest BCUT2D eigenvalue weighted by Crippen LogP contribution is -2.51. The van der Waals surface area contributed by atoms with Gasteiger partial charge in [0.25, 0.3) is 5.91 Å². The fourth-order valence-corrected chi connectivity index (χ4v) is 4.98. The molecule has 0 saturated carbocycles. The molecular weight excluding hydrogens is 425 g/mol. The molecule has 1 saturated heterocycles. The highest BCUT2D eigenvalue weighted by molar-refractivity contribution is 5.95. The summed E-state index contributed by atoms with van der Waals surface area (Å²) in [7, 11) is 4.59. The largest absolute Gasteiger partial charge is 0.493 e. The molecule has 0 unspecified atom stereocenters. The van der Waals surface area contributed by atoms with Gasteiger partial charge in [-0.2, -0.15) is 0 Å². The number of anilines is 1. The summed E-state index contributed by atoms with van der Waals surface area (Å²) in [6.45, 7) is 1.11. The van der Waals surface area contributed by atoms with Gasteiger partial charge >= 0.3 is 0 Å². The summed E-state index contributed by atoms with van der Waals surface area (Å²) in [6.07, 6.45) is 3.40. The Hall–Kier alpha value is -3.68. The second kappa shape index (κ2) is 8.03. The van der Waals surface area contributed by atoms with Crippen molar-refractivity contribution >= 4 is 11.6 Å². The molecule has 0 aliphatic carbocycles. The maximum Gasteiger partial charge on any atom is 0.254 e. The van der Waals surface area contributed by atoms with Gasteiger partial charge in [0.1, 0.15) is 5.82 Å². The van der Waals surface area contributed by atoms with Crippen molar-refractivity contribution in [1.82, 2.24) is 9.47 Å². The summed E-state index contributed by atoms with van der Waals surface area (Å²) in [6, 6.07) is 12.3. The molecule has 3 heterocycles. The molecule has 33 heavy (non-hydrogen) atoms. The van der Waals surface area contributed by atoms with Crippen LogP contribution in [-0.4, -0.2) is 49.8 Å². The van der Waals surface area contributed by atoms with Crippen molar-refractivity contribution in [3.63, 3.8) is 0 Å². The summed E-state index contributed by atoms with van der Waals surface area (Å²) < 4.78 is 32.2. The van der Waals surface area contributed by atoms with Gasteiger partial charge in [-0.25, -0.2) is 4.39 Å². The van der Waals surface area contributed by atoms with Crippen LogP contribution in [0.3, 0.4) is 0 Å². The topological polar surface area (TPSA) is 65.0 Å². The zero-order valence-electron chi connectivity index (χ0n) is 18.9. The Labute approximate surface area is 191 Å². The summed E-state index contributed by atoms with van der Waals surface area (Å²) in [5.41, 5.74) is 2.94. The lowest BCUT2D eigenvalue weighted by Gasteiger charge is -2.46. The van der Waals surface area contributed by atoms with Crippen molar-refractivity contribution in [2.24, 2.45) is 0 Å². The Balaban J connectivity index is 1.40. The van der Waals surface area contributed by atoms with Crippen LogP contribution in [0.15, 0.2) is 48.7 Å². The highest BCUT2D eigenvalue weighted by Gasteiger charge is 2.42. The number of rotatable bonds is 4. The molecule has 5 rings (SSSR count).